The van der Waals surface area contributed by atoms with Crippen LogP contribution in [-0.4, -0.2) is 28.9 Å². The lowest BCUT2D eigenvalue weighted by Crippen LogP contribution is -2.61. The largest absolute Gasteiger partial charge is 0.490 e. The van der Waals surface area contributed by atoms with Gasteiger partial charge in [0.25, 0.3) is 12.1 Å². The van der Waals surface area contributed by atoms with E-state index in [1.807, 2.05) is 86.0 Å². The zero-order valence-corrected chi connectivity index (χ0v) is 25.1. The number of ether oxygens (including phenoxy) is 2. The van der Waals surface area contributed by atoms with Gasteiger partial charge in [0.15, 0.2) is 11.5 Å². The number of carbonyl (C=O) groups is 1. The number of nitrogens with zero attached hydrogens (tertiary/aromatic N) is 3. The molecule has 4 aromatic carbocycles. The number of carbonyl (C=O) groups excluding carboxylic acids is 1. The lowest BCUT2D eigenvalue weighted by Gasteiger charge is -2.32. The van der Waals surface area contributed by atoms with Gasteiger partial charge in [0.1, 0.15) is 6.61 Å². The Labute approximate surface area is 257 Å². The summed E-state index contributed by atoms with van der Waals surface area (Å²) in [6.07, 6.45) is 0.956. The van der Waals surface area contributed by atoms with Crippen LogP contribution in [0.2, 0.25) is 5.02 Å². The molecule has 0 fully saturated rings. The molecule has 0 spiro atoms. The van der Waals surface area contributed by atoms with Crippen molar-refractivity contribution in [2.45, 2.75) is 24.9 Å². The van der Waals surface area contributed by atoms with Gasteiger partial charge in [-0.3, -0.25) is 14.6 Å². The fraction of sp³-hybridized carbons (Fsp3) is 0.152. The van der Waals surface area contributed by atoms with E-state index in [-0.39, 0.29) is 11.5 Å². The van der Waals surface area contributed by atoms with Crippen molar-refractivity contribution in [2.75, 3.05) is 17.8 Å². The van der Waals surface area contributed by atoms with Crippen LogP contribution in [0.5, 0.6) is 11.5 Å². The standard InChI is InChI=1S/C33H27ClN4O4S/c1-3-41-27-19-23(18-25(34)29(27)42-20-21-12-6-4-7-13-21)31-37(32(40)22-14-8-5-9-15-22)26-17-11-10-16-24(26)28-30(39)35-33(43-2)36-38(28)31/h4-19,31H,3,20H2,1-2H3/p+1/t31-/m0/s1. The molecule has 1 atom stereocenters. The van der Waals surface area contributed by atoms with Crippen LogP contribution in [0.25, 0.3) is 11.3 Å². The summed E-state index contributed by atoms with van der Waals surface area (Å²) in [5.74, 6) is 0.550. The van der Waals surface area contributed by atoms with Gasteiger partial charge in [0, 0.05) is 10.7 Å². The van der Waals surface area contributed by atoms with Crippen molar-refractivity contribution in [3.8, 4) is 22.8 Å². The zero-order chi connectivity index (χ0) is 29.9. The maximum absolute atomic E-state index is 14.3. The molecule has 10 heteroatoms. The van der Waals surface area contributed by atoms with Gasteiger partial charge in [0.05, 0.1) is 28.4 Å². The van der Waals surface area contributed by atoms with Crippen molar-refractivity contribution in [3.63, 3.8) is 0 Å². The fourth-order valence-corrected chi connectivity index (χ4v) is 5.81. The van der Waals surface area contributed by atoms with Gasteiger partial charge in [-0.15, -0.1) is 0 Å². The fourth-order valence-electron chi connectivity index (χ4n) is 5.17. The van der Waals surface area contributed by atoms with Crippen LogP contribution in [0.1, 0.15) is 34.6 Å². The second-order valence-corrected chi connectivity index (χ2v) is 10.9. The Kier molecular flexibility index (Phi) is 8.18. The van der Waals surface area contributed by atoms with Crippen LogP contribution in [0.15, 0.2) is 107 Å². The highest BCUT2D eigenvalue weighted by molar-refractivity contribution is 7.98. The van der Waals surface area contributed by atoms with Gasteiger partial charge < -0.3 is 9.47 Å². The van der Waals surface area contributed by atoms with E-state index in [2.05, 4.69) is 4.98 Å². The third-order valence-corrected chi connectivity index (χ3v) is 7.90. The molecule has 0 unspecified atom stereocenters. The number of aromatic nitrogens is 3. The van der Waals surface area contributed by atoms with Crippen LogP contribution in [0.4, 0.5) is 5.69 Å². The first-order valence-electron chi connectivity index (χ1n) is 13.7. The number of rotatable bonds is 8. The zero-order valence-electron chi connectivity index (χ0n) is 23.5. The van der Waals surface area contributed by atoms with Gasteiger partial charge in [-0.1, -0.05) is 84.0 Å². The Morgan fingerprint density at radius 1 is 1.00 bits per heavy atom. The third-order valence-electron chi connectivity index (χ3n) is 7.05. The Morgan fingerprint density at radius 2 is 1.70 bits per heavy atom. The SMILES string of the molecule is CCOc1cc([C@H]2N(C(=O)c3ccccc3)c3ccccc3-c3c(=O)[nH]c(SC)n[n+]32)cc(Cl)c1OCc1ccccc1. The number of hydrogen-bond acceptors (Lipinski definition) is 6. The summed E-state index contributed by atoms with van der Waals surface area (Å²) < 4.78 is 13.8. The molecule has 1 N–H and O–H groups in total. The number of aromatic amines is 1. The first kappa shape index (κ1) is 28.5. The van der Waals surface area contributed by atoms with E-state index >= 15 is 0 Å². The van der Waals surface area contributed by atoms with Crippen molar-refractivity contribution in [1.29, 1.82) is 0 Å². The molecule has 0 bridgehead atoms. The monoisotopic (exact) mass is 611 g/mol. The molecule has 43 heavy (non-hydrogen) atoms. The molecule has 8 nitrogen and oxygen atoms in total. The Bertz CT molecular complexity index is 1850. The van der Waals surface area contributed by atoms with Crippen LogP contribution in [0.3, 0.4) is 0 Å². The molecule has 0 aliphatic carbocycles. The lowest BCUT2D eigenvalue weighted by atomic mass is 10.00. The first-order valence-corrected chi connectivity index (χ1v) is 15.3. The Hall–Kier alpha value is -4.60. The highest BCUT2D eigenvalue weighted by Gasteiger charge is 2.46. The normalized spacial score (nSPS) is 13.7. The lowest BCUT2D eigenvalue weighted by molar-refractivity contribution is -0.763. The minimum atomic E-state index is -0.870. The average Bonchev–Trinajstić information content (AvgIpc) is 3.04. The number of nitrogens with one attached hydrogen (secondary N) is 1. The Morgan fingerprint density at radius 3 is 2.42 bits per heavy atom. The van der Waals surface area contributed by atoms with E-state index in [0.717, 1.165) is 5.56 Å². The Balaban J connectivity index is 1.56. The average molecular weight is 612 g/mol. The van der Waals surface area contributed by atoms with Crippen LogP contribution < -0.4 is 24.6 Å². The summed E-state index contributed by atoms with van der Waals surface area (Å²) in [5, 5.41) is 5.51. The molecule has 0 saturated heterocycles. The molecule has 6 rings (SSSR count). The highest BCUT2D eigenvalue weighted by Crippen LogP contribution is 2.43. The van der Waals surface area contributed by atoms with Crippen molar-refractivity contribution in [1.82, 2.24) is 10.1 Å². The first-order chi connectivity index (χ1) is 21.0. The van der Waals surface area contributed by atoms with E-state index in [1.165, 1.54) is 11.8 Å². The summed E-state index contributed by atoms with van der Waals surface area (Å²) in [7, 11) is 0. The van der Waals surface area contributed by atoms with Crippen molar-refractivity contribution < 1.29 is 19.0 Å². The molecule has 0 saturated carbocycles. The summed E-state index contributed by atoms with van der Waals surface area (Å²) in [6.45, 7) is 2.53. The van der Waals surface area contributed by atoms with Gasteiger partial charge in [-0.25, -0.2) is 4.90 Å². The number of H-pyrrole nitrogens is 1. The number of fused-ring (bicyclic) bond motifs is 3. The van der Waals surface area contributed by atoms with E-state index in [1.54, 1.807) is 33.8 Å². The van der Waals surface area contributed by atoms with Crippen molar-refractivity contribution in [3.05, 3.63) is 129 Å². The van der Waals surface area contributed by atoms with Crippen LogP contribution >= 0.6 is 23.4 Å². The predicted molar refractivity (Wildman–Crippen MR) is 167 cm³/mol. The number of para-hydroxylation sites is 1. The van der Waals surface area contributed by atoms with Gasteiger partial charge in [-0.05, 0) is 59.8 Å². The smallest absolute Gasteiger partial charge is 0.325 e. The molecule has 1 aliphatic rings. The second-order valence-electron chi connectivity index (χ2n) is 9.73. The summed E-state index contributed by atoms with van der Waals surface area (Å²) in [6, 6.07) is 29.6. The quantitative estimate of drug-likeness (QED) is 0.164. The minimum absolute atomic E-state index is 0.262. The van der Waals surface area contributed by atoms with E-state index < -0.39 is 6.17 Å². The summed E-state index contributed by atoms with van der Waals surface area (Å²) in [4.78, 5) is 32.4. The molecule has 1 aromatic heterocycles. The summed E-state index contributed by atoms with van der Waals surface area (Å²) >= 11 is 8.21. The number of thioether (sulfide) groups is 1. The predicted octanol–water partition coefficient (Wildman–Crippen LogP) is 6.28. The molecule has 216 valence electrons. The molecule has 1 amide bonds. The van der Waals surface area contributed by atoms with Gasteiger partial charge >= 0.3 is 11.3 Å². The van der Waals surface area contributed by atoms with Crippen LogP contribution in [-0.2, 0) is 6.61 Å². The van der Waals surface area contributed by atoms with E-state index in [9.17, 15) is 9.59 Å². The number of benzene rings is 4. The molecule has 0 radical (unpaired) electrons. The summed E-state index contributed by atoms with van der Waals surface area (Å²) in [5.41, 5.74) is 3.23. The third kappa shape index (κ3) is 5.49. The van der Waals surface area contributed by atoms with E-state index in [0.29, 0.717) is 63.0 Å². The highest BCUT2D eigenvalue weighted by atomic mass is 35.5. The molecule has 1 aliphatic heterocycles. The number of hydrogen-bond donors (Lipinski definition) is 1. The maximum Gasteiger partial charge on any atom is 0.325 e. The number of amides is 1. The molecular weight excluding hydrogens is 584 g/mol. The van der Waals surface area contributed by atoms with Gasteiger partial charge in [0.2, 0.25) is 5.16 Å². The number of halogens is 1. The topological polar surface area (TPSA) is 88.4 Å². The van der Waals surface area contributed by atoms with Crippen molar-refractivity contribution >= 4 is 35.0 Å². The minimum Gasteiger partial charge on any atom is -0.490 e. The van der Waals surface area contributed by atoms with Gasteiger partial charge in [-0.2, -0.15) is 0 Å². The van der Waals surface area contributed by atoms with Crippen molar-refractivity contribution in [2.24, 2.45) is 0 Å². The maximum atomic E-state index is 14.3. The molecule has 2 heterocycles. The van der Waals surface area contributed by atoms with E-state index in [4.69, 9.17) is 26.2 Å². The number of anilines is 1. The second kappa shape index (κ2) is 12.3. The molecule has 5 aromatic rings. The molecular formula is C33H28ClN4O4S+. The van der Waals surface area contributed by atoms with Crippen LogP contribution in [0, 0.1) is 0 Å².